The summed E-state index contributed by atoms with van der Waals surface area (Å²) in [5.74, 6) is 3.50. The van der Waals surface area contributed by atoms with Crippen LogP contribution in [0.25, 0.3) is 0 Å². The lowest BCUT2D eigenvalue weighted by molar-refractivity contribution is -0.155. The Hall–Kier alpha value is -1.40. The molecular formula is C33H54N2O4. The molecule has 0 bridgehead atoms. The van der Waals surface area contributed by atoms with Gasteiger partial charge in [0.1, 0.15) is 5.60 Å². The van der Waals surface area contributed by atoms with Crippen LogP contribution in [0.3, 0.4) is 0 Å². The minimum atomic E-state index is -1.38. The van der Waals surface area contributed by atoms with Crippen LogP contribution in [0, 0.1) is 40.4 Å². The Balaban J connectivity index is 1.17. The first-order valence-corrected chi connectivity index (χ1v) is 15.9. The van der Waals surface area contributed by atoms with E-state index >= 15 is 0 Å². The third-order valence-corrected chi connectivity index (χ3v) is 12.4. The number of aliphatic hydroxyl groups is 2. The van der Waals surface area contributed by atoms with Crippen molar-refractivity contribution in [3.05, 3.63) is 11.6 Å². The van der Waals surface area contributed by atoms with E-state index in [1.165, 1.54) is 46.0 Å². The fourth-order valence-electron chi connectivity index (χ4n) is 10.2. The number of carbonyl (C=O) groups excluding carboxylic acids is 2. The smallest absolute Gasteiger partial charge is 0.254 e. The molecule has 0 aromatic carbocycles. The quantitative estimate of drug-likeness (QED) is 0.470. The predicted molar refractivity (Wildman–Crippen MR) is 154 cm³/mol. The van der Waals surface area contributed by atoms with Crippen molar-refractivity contribution in [3.8, 4) is 0 Å². The molecule has 0 aromatic rings. The van der Waals surface area contributed by atoms with Gasteiger partial charge in [0.2, 0.25) is 5.91 Å². The molecule has 2 N–H and O–H groups in total. The van der Waals surface area contributed by atoms with E-state index in [0.717, 1.165) is 43.4 Å². The van der Waals surface area contributed by atoms with Crippen molar-refractivity contribution in [2.45, 2.75) is 123 Å². The lowest BCUT2D eigenvalue weighted by atomic mass is 9.47. The number of fused-ring (bicyclic) bond motifs is 5. The zero-order chi connectivity index (χ0) is 28.3. The highest BCUT2D eigenvalue weighted by molar-refractivity contribution is 5.85. The molecule has 220 valence electrons. The summed E-state index contributed by atoms with van der Waals surface area (Å²) in [6.45, 7) is 14.1. The molecule has 4 aliphatic carbocycles. The predicted octanol–water partition coefficient (Wildman–Crippen LogP) is 5.17. The second-order valence-electron chi connectivity index (χ2n) is 15.1. The Morgan fingerprint density at radius 3 is 2.54 bits per heavy atom. The topological polar surface area (TPSA) is 81.1 Å². The lowest BCUT2D eigenvalue weighted by Crippen LogP contribution is -2.59. The number of amides is 2. The van der Waals surface area contributed by atoms with Crippen molar-refractivity contribution < 1.29 is 19.8 Å². The zero-order valence-electron chi connectivity index (χ0n) is 25.4. The van der Waals surface area contributed by atoms with Crippen LogP contribution in [0.5, 0.6) is 0 Å². The van der Waals surface area contributed by atoms with Gasteiger partial charge in [-0.3, -0.25) is 9.59 Å². The maximum atomic E-state index is 13.2. The van der Waals surface area contributed by atoms with Gasteiger partial charge in [0, 0.05) is 32.1 Å². The van der Waals surface area contributed by atoms with Crippen LogP contribution < -0.4 is 0 Å². The van der Waals surface area contributed by atoms with Crippen LogP contribution >= 0.6 is 0 Å². The van der Waals surface area contributed by atoms with E-state index in [9.17, 15) is 19.8 Å². The Morgan fingerprint density at radius 2 is 1.85 bits per heavy atom. The highest BCUT2D eigenvalue weighted by Gasteiger charge is 2.59. The van der Waals surface area contributed by atoms with Crippen LogP contribution in [-0.2, 0) is 9.59 Å². The second kappa shape index (κ2) is 10.5. The molecule has 0 aromatic heterocycles. The van der Waals surface area contributed by atoms with E-state index in [1.807, 2.05) is 11.8 Å². The maximum Gasteiger partial charge on any atom is 0.254 e. The van der Waals surface area contributed by atoms with Crippen LogP contribution in [-0.4, -0.2) is 69.2 Å². The number of piperazine rings is 1. The van der Waals surface area contributed by atoms with Crippen molar-refractivity contribution in [1.82, 2.24) is 9.80 Å². The molecule has 6 nitrogen and oxygen atoms in total. The van der Waals surface area contributed by atoms with Crippen molar-refractivity contribution in [3.63, 3.8) is 0 Å². The molecule has 0 spiro atoms. The molecule has 39 heavy (non-hydrogen) atoms. The van der Waals surface area contributed by atoms with Crippen LogP contribution in [0.15, 0.2) is 11.6 Å². The van der Waals surface area contributed by atoms with Crippen molar-refractivity contribution in [1.29, 1.82) is 0 Å². The standard InChI is InChI=1S/C33H54N2O4/c1-21(7-12-29(37)34-17-18-35(22(2)20-34)30(38)31(3,4)39)26-10-11-27-25-9-8-23-19-24(36)13-15-32(23,5)28(25)14-16-33(26,27)6/h8,21-22,24-28,36,39H,7,9-20H2,1-6H3/t21?,22-,24-,25-,26+,27-,28-,32-,33+/m0/s1. The molecular weight excluding hydrogens is 488 g/mol. The normalized spacial score (nSPS) is 41.3. The largest absolute Gasteiger partial charge is 0.393 e. The Labute approximate surface area is 236 Å². The van der Waals surface area contributed by atoms with Gasteiger partial charge in [-0.25, -0.2) is 0 Å². The number of aliphatic hydroxyl groups excluding tert-OH is 1. The van der Waals surface area contributed by atoms with E-state index in [0.29, 0.717) is 43.3 Å². The van der Waals surface area contributed by atoms with E-state index in [-0.39, 0.29) is 29.4 Å². The second-order valence-corrected chi connectivity index (χ2v) is 15.1. The summed E-state index contributed by atoms with van der Waals surface area (Å²) in [6.07, 6.45) is 13.3. The van der Waals surface area contributed by atoms with Gasteiger partial charge < -0.3 is 20.0 Å². The molecule has 6 heteroatoms. The Morgan fingerprint density at radius 1 is 1.10 bits per heavy atom. The van der Waals surface area contributed by atoms with Gasteiger partial charge in [0.15, 0.2) is 0 Å². The third-order valence-electron chi connectivity index (χ3n) is 12.4. The highest BCUT2D eigenvalue weighted by Crippen LogP contribution is 2.67. The summed E-state index contributed by atoms with van der Waals surface area (Å²) in [5, 5.41) is 20.4. The molecule has 1 heterocycles. The first-order chi connectivity index (χ1) is 18.3. The summed E-state index contributed by atoms with van der Waals surface area (Å²) >= 11 is 0. The molecule has 5 aliphatic rings. The first kappa shape index (κ1) is 29.1. The van der Waals surface area contributed by atoms with Crippen molar-refractivity contribution >= 4 is 11.8 Å². The van der Waals surface area contributed by atoms with Gasteiger partial charge in [0.25, 0.3) is 5.91 Å². The average molecular weight is 543 g/mol. The van der Waals surface area contributed by atoms with Crippen LogP contribution in [0.2, 0.25) is 0 Å². The molecule has 2 amide bonds. The summed E-state index contributed by atoms with van der Waals surface area (Å²) in [6, 6.07) is -0.0805. The molecule has 1 unspecified atom stereocenters. The molecule has 5 rings (SSSR count). The Bertz CT molecular complexity index is 987. The number of allylic oxidation sites excluding steroid dienone is 1. The summed E-state index contributed by atoms with van der Waals surface area (Å²) in [7, 11) is 0. The number of rotatable bonds is 5. The highest BCUT2D eigenvalue weighted by atomic mass is 16.3. The van der Waals surface area contributed by atoms with Gasteiger partial charge in [-0.15, -0.1) is 0 Å². The summed E-state index contributed by atoms with van der Waals surface area (Å²) in [4.78, 5) is 29.4. The monoisotopic (exact) mass is 542 g/mol. The van der Waals surface area contributed by atoms with Gasteiger partial charge in [0.05, 0.1) is 6.10 Å². The summed E-state index contributed by atoms with van der Waals surface area (Å²) in [5.41, 5.74) is 0.832. The third kappa shape index (κ3) is 5.11. The molecule has 0 radical (unpaired) electrons. The summed E-state index contributed by atoms with van der Waals surface area (Å²) < 4.78 is 0. The maximum absolute atomic E-state index is 13.2. The lowest BCUT2D eigenvalue weighted by Gasteiger charge is -2.58. The van der Waals surface area contributed by atoms with Gasteiger partial charge in [-0.1, -0.05) is 32.4 Å². The van der Waals surface area contributed by atoms with E-state index in [2.05, 4.69) is 26.8 Å². The van der Waals surface area contributed by atoms with Crippen LogP contribution in [0.4, 0.5) is 0 Å². The minimum absolute atomic E-state index is 0.0805. The molecule has 1 saturated heterocycles. The van der Waals surface area contributed by atoms with E-state index in [4.69, 9.17) is 0 Å². The SMILES string of the molecule is CC(CCC(=O)N1CCN(C(=O)C(C)(C)O)[C@@H](C)C1)[C@H]1CC[C@H]2[C@@H]3CC=C4C[C@@H](O)CC[C@]4(C)[C@H]3CC[C@]12C. The average Bonchev–Trinajstić information content (AvgIpc) is 3.23. The number of carbonyl (C=O) groups is 2. The van der Waals surface area contributed by atoms with Gasteiger partial charge >= 0.3 is 0 Å². The number of hydrogen-bond donors (Lipinski definition) is 2. The number of hydrogen-bond acceptors (Lipinski definition) is 4. The van der Waals surface area contributed by atoms with Crippen molar-refractivity contribution in [2.24, 2.45) is 40.4 Å². The van der Waals surface area contributed by atoms with E-state index < -0.39 is 5.60 Å². The molecule has 3 saturated carbocycles. The van der Waals surface area contributed by atoms with Gasteiger partial charge in [-0.2, -0.15) is 0 Å². The number of nitrogens with zero attached hydrogens (tertiary/aromatic N) is 2. The molecule has 1 aliphatic heterocycles. The minimum Gasteiger partial charge on any atom is -0.393 e. The zero-order valence-corrected chi connectivity index (χ0v) is 25.4. The van der Waals surface area contributed by atoms with E-state index in [1.54, 1.807) is 10.5 Å². The molecule has 9 atom stereocenters. The fraction of sp³-hybridized carbons (Fsp3) is 0.879. The van der Waals surface area contributed by atoms with Gasteiger partial charge in [-0.05, 0) is 119 Å². The van der Waals surface area contributed by atoms with Crippen molar-refractivity contribution in [2.75, 3.05) is 19.6 Å². The Kier molecular flexibility index (Phi) is 7.80. The fourth-order valence-corrected chi connectivity index (χ4v) is 10.2. The molecule has 4 fully saturated rings. The first-order valence-electron chi connectivity index (χ1n) is 15.9. The van der Waals surface area contributed by atoms with Crippen LogP contribution in [0.1, 0.15) is 106 Å².